The lowest BCUT2D eigenvalue weighted by Gasteiger charge is -2.00. The normalized spacial score (nSPS) is 18.3. The second kappa shape index (κ2) is 3.82. The van der Waals surface area contributed by atoms with Gasteiger partial charge in [-0.25, -0.2) is 0 Å². The van der Waals surface area contributed by atoms with Crippen molar-refractivity contribution in [2.24, 2.45) is 11.8 Å². The maximum absolute atomic E-state index is 5.26. The Morgan fingerprint density at radius 1 is 1.56 bits per heavy atom. The van der Waals surface area contributed by atoms with Crippen molar-refractivity contribution in [3.63, 3.8) is 0 Å². The molecule has 3 nitrogen and oxygen atoms in total. The molecule has 1 fully saturated rings. The molecule has 0 heterocycles. The zero-order valence-electron chi connectivity index (χ0n) is 5.60. The lowest BCUT2D eigenvalue weighted by Crippen LogP contribution is -2.26. The van der Waals surface area contributed by atoms with Gasteiger partial charge in [-0.2, -0.15) is 0 Å². The molecule has 0 saturated heterocycles. The van der Waals surface area contributed by atoms with Crippen LogP contribution >= 0.6 is 0 Å². The Morgan fingerprint density at radius 2 is 2.33 bits per heavy atom. The summed E-state index contributed by atoms with van der Waals surface area (Å²) in [6.07, 6.45) is 2.71. The predicted octanol–water partition coefficient (Wildman–Crippen LogP) is -0.124. The Labute approximate surface area is 55.5 Å². The van der Waals surface area contributed by atoms with E-state index in [1.165, 1.54) is 12.8 Å². The number of rotatable bonds is 5. The van der Waals surface area contributed by atoms with Crippen molar-refractivity contribution in [1.29, 1.82) is 0 Å². The van der Waals surface area contributed by atoms with Crippen molar-refractivity contribution in [1.82, 2.24) is 5.43 Å². The Hall–Kier alpha value is -0.120. The Balaban J connectivity index is 1.71. The molecule has 1 aliphatic rings. The van der Waals surface area contributed by atoms with Crippen LogP contribution in [0.5, 0.6) is 0 Å². The van der Waals surface area contributed by atoms with Gasteiger partial charge in [-0.15, -0.1) is 0 Å². The van der Waals surface area contributed by atoms with E-state index in [4.69, 9.17) is 10.6 Å². The molecule has 1 aliphatic carbocycles. The van der Waals surface area contributed by atoms with Gasteiger partial charge in [0.1, 0.15) is 0 Å². The predicted molar refractivity (Wildman–Crippen MR) is 35.7 cm³/mol. The first kappa shape index (κ1) is 6.99. The smallest absolute Gasteiger partial charge is 0.0604 e. The highest BCUT2D eigenvalue weighted by Gasteiger charge is 2.20. The number of nitrogens with one attached hydrogen (secondary N) is 1. The molecule has 3 heteroatoms. The van der Waals surface area contributed by atoms with Gasteiger partial charge in [-0.05, 0) is 18.8 Å². The second-order valence-electron chi connectivity index (χ2n) is 2.47. The van der Waals surface area contributed by atoms with Gasteiger partial charge in [0, 0.05) is 13.2 Å². The van der Waals surface area contributed by atoms with Crippen LogP contribution in [0.1, 0.15) is 12.8 Å². The summed E-state index contributed by atoms with van der Waals surface area (Å²) >= 11 is 0. The molecule has 0 bridgehead atoms. The van der Waals surface area contributed by atoms with E-state index in [0.717, 1.165) is 25.7 Å². The Bertz CT molecular complexity index is 73.5. The van der Waals surface area contributed by atoms with E-state index in [0.29, 0.717) is 0 Å². The van der Waals surface area contributed by atoms with E-state index in [1.807, 2.05) is 0 Å². The summed E-state index contributed by atoms with van der Waals surface area (Å²) in [7, 11) is 0. The first-order chi connectivity index (χ1) is 4.43. The minimum atomic E-state index is 0.743. The summed E-state index contributed by atoms with van der Waals surface area (Å²) in [5.74, 6) is 5.89. The van der Waals surface area contributed by atoms with Gasteiger partial charge in [-0.1, -0.05) is 0 Å². The lowest BCUT2D eigenvalue weighted by molar-refractivity contribution is 0.126. The van der Waals surface area contributed by atoms with E-state index >= 15 is 0 Å². The molecule has 0 radical (unpaired) electrons. The van der Waals surface area contributed by atoms with Crippen molar-refractivity contribution in [2.45, 2.75) is 12.8 Å². The minimum Gasteiger partial charge on any atom is -0.380 e. The van der Waals surface area contributed by atoms with Crippen molar-refractivity contribution < 1.29 is 4.74 Å². The summed E-state index contributed by atoms with van der Waals surface area (Å²) in [4.78, 5) is 0. The molecule has 1 rings (SSSR count). The third-order valence-electron chi connectivity index (χ3n) is 1.44. The molecule has 0 aliphatic heterocycles. The average Bonchev–Trinajstić information content (AvgIpc) is 2.63. The van der Waals surface area contributed by atoms with Crippen LogP contribution in [0.25, 0.3) is 0 Å². The molecule has 0 aromatic rings. The van der Waals surface area contributed by atoms with Crippen LogP contribution in [0.3, 0.4) is 0 Å². The van der Waals surface area contributed by atoms with Crippen LogP contribution in [0.15, 0.2) is 0 Å². The van der Waals surface area contributed by atoms with Crippen molar-refractivity contribution in [2.75, 3.05) is 19.8 Å². The standard InChI is InChI=1S/C6H14N2O/c7-8-3-4-9-5-6-1-2-6/h6,8H,1-5,7H2. The fraction of sp³-hybridized carbons (Fsp3) is 1.00. The van der Waals surface area contributed by atoms with Crippen LogP contribution in [0.4, 0.5) is 0 Å². The highest BCUT2D eigenvalue weighted by Crippen LogP contribution is 2.28. The molecule has 0 spiro atoms. The maximum Gasteiger partial charge on any atom is 0.0604 e. The third kappa shape index (κ3) is 3.46. The summed E-state index contributed by atoms with van der Waals surface area (Å²) < 4.78 is 5.26. The lowest BCUT2D eigenvalue weighted by atomic mass is 10.5. The minimum absolute atomic E-state index is 0.743. The number of hydrazine groups is 1. The number of nitrogens with two attached hydrogens (primary N) is 1. The van der Waals surface area contributed by atoms with E-state index in [-0.39, 0.29) is 0 Å². The fourth-order valence-electron chi connectivity index (χ4n) is 0.666. The van der Waals surface area contributed by atoms with Crippen LogP contribution in [0, 0.1) is 5.92 Å². The number of hydrogen-bond acceptors (Lipinski definition) is 3. The second-order valence-corrected chi connectivity index (χ2v) is 2.47. The Kier molecular flexibility index (Phi) is 2.97. The molecule has 0 atom stereocenters. The maximum atomic E-state index is 5.26. The van der Waals surface area contributed by atoms with Gasteiger partial charge in [0.2, 0.25) is 0 Å². The SMILES string of the molecule is NNCCOCC1CC1. The van der Waals surface area contributed by atoms with Gasteiger partial charge in [0.05, 0.1) is 6.61 Å². The zero-order chi connectivity index (χ0) is 6.53. The third-order valence-corrected chi connectivity index (χ3v) is 1.44. The van der Waals surface area contributed by atoms with Crippen LogP contribution < -0.4 is 11.3 Å². The molecule has 0 unspecified atom stereocenters. The molecular formula is C6H14N2O. The summed E-state index contributed by atoms with van der Waals surface area (Å²) in [5, 5.41) is 0. The summed E-state index contributed by atoms with van der Waals surface area (Å²) in [5.41, 5.74) is 2.54. The zero-order valence-corrected chi connectivity index (χ0v) is 5.60. The van der Waals surface area contributed by atoms with Crippen molar-refractivity contribution >= 4 is 0 Å². The molecule has 0 amide bonds. The van der Waals surface area contributed by atoms with Crippen molar-refractivity contribution in [3.05, 3.63) is 0 Å². The van der Waals surface area contributed by atoms with Gasteiger partial charge >= 0.3 is 0 Å². The first-order valence-electron chi connectivity index (χ1n) is 3.44. The summed E-state index contributed by atoms with van der Waals surface area (Å²) in [6.45, 7) is 2.43. The van der Waals surface area contributed by atoms with Crippen molar-refractivity contribution in [3.8, 4) is 0 Å². The average molecular weight is 130 g/mol. The Morgan fingerprint density at radius 3 is 2.89 bits per heavy atom. The molecule has 3 N–H and O–H groups in total. The van der Waals surface area contributed by atoms with E-state index in [2.05, 4.69) is 5.43 Å². The number of hydrogen-bond donors (Lipinski definition) is 2. The molecule has 1 saturated carbocycles. The highest BCUT2D eigenvalue weighted by atomic mass is 16.5. The quantitative estimate of drug-likeness (QED) is 0.310. The summed E-state index contributed by atoms with van der Waals surface area (Å²) in [6, 6.07) is 0. The van der Waals surface area contributed by atoms with Crippen LogP contribution in [-0.4, -0.2) is 19.8 Å². The van der Waals surface area contributed by atoms with E-state index in [9.17, 15) is 0 Å². The van der Waals surface area contributed by atoms with E-state index in [1.54, 1.807) is 0 Å². The van der Waals surface area contributed by atoms with Gasteiger partial charge in [0.15, 0.2) is 0 Å². The first-order valence-corrected chi connectivity index (χ1v) is 3.44. The van der Waals surface area contributed by atoms with Gasteiger partial charge in [0.25, 0.3) is 0 Å². The van der Waals surface area contributed by atoms with Gasteiger partial charge in [-0.3, -0.25) is 11.3 Å². The molecule has 0 aromatic heterocycles. The topological polar surface area (TPSA) is 47.3 Å². The van der Waals surface area contributed by atoms with Crippen LogP contribution in [-0.2, 0) is 4.74 Å². The molecule has 54 valence electrons. The number of ether oxygens (including phenoxy) is 1. The largest absolute Gasteiger partial charge is 0.380 e. The molecule has 9 heavy (non-hydrogen) atoms. The van der Waals surface area contributed by atoms with Crippen LogP contribution in [0.2, 0.25) is 0 Å². The fourth-order valence-corrected chi connectivity index (χ4v) is 0.666. The molecule has 0 aromatic carbocycles. The van der Waals surface area contributed by atoms with E-state index < -0.39 is 0 Å². The molecular weight excluding hydrogens is 116 g/mol. The highest BCUT2D eigenvalue weighted by molar-refractivity contribution is 4.71. The van der Waals surface area contributed by atoms with Gasteiger partial charge < -0.3 is 4.74 Å². The monoisotopic (exact) mass is 130 g/mol.